The molecule has 0 saturated carbocycles. The first-order valence-electron chi connectivity index (χ1n) is 4.76. The van der Waals surface area contributed by atoms with Crippen molar-refractivity contribution < 1.29 is 29.9 Å². The molecule has 0 aliphatic heterocycles. The van der Waals surface area contributed by atoms with Crippen LogP contribution in [0.1, 0.15) is 32.6 Å². The Morgan fingerprint density at radius 2 is 2.07 bits per heavy atom. The second-order valence-corrected chi connectivity index (χ2v) is 3.18. The first-order valence-corrected chi connectivity index (χ1v) is 4.76. The number of hydrogen-bond donors (Lipinski definition) is 2. The number of rotatable bonds is 9. The zero-order chi connectivity index (χ0) is 11.7. The second kappa shape index (κ2) is 8.49. The van der Waals surface area contributed by atoms with Crippen molar-refractivity contribution in [1.29, 1.82) is 0 Å². The van der Waals surface area contributed by atoms with Crippen LogP contribution in [0.2, 0.25) is 0 Å². The molecule has 0 aliphatic rings. The molecule has 0 spiro atoms. The van der Waals surface area contributed by atoms with E-state index in [-0.39, 0.29) is 12.8 Å². The SMILES string of the molecule is CCCC(CC(OO)C(=O)CC=O)OO. The minimum Gasteiger partial charge on any atom is -0.303 e. The molecule has 0 saturated heterocycles. The molecule has 2 atom stereocenters. The van der Waals surface area contributed by atoms with Crippen molar-refractivity contribution in [2.75, 3.05) is 0 Å². The van der Waals surface area contributed by atoms with Crippen LogP contribution in [-0.2, 0) is 19.4 Å². The second-order valence-electron chi connectivity index (χ2n) is 3.18. The predicted molar refractivity (Wildman–Crippen MR) is 50.2 cm³/mol. The monoisotopic (exact) mass is 220 g/mol. The van der Waals surface area contributed by atoms with Gasteiger partial charge in [-0.25, -0.2) is 9.78 Å². The van der Waals surface area contributed by atoms with Crippen LogP contribution in [-0.4, -0.2) is 34.8 Å². The zero-order valence-corrected chi connectivity index (χ0v) is 8.59. The van der Waals surface area contributed by atoms with E-state index in [1.165, 1.54) is 0 Å². The van der Waals surface area contributed by atoms with Crippen LogP contribution in [0.25, 0.3) is 0 Å². The van der Waals surface area contributed by atoms with Crippen molar-refractivity contribution in [2.45, 2.75) is 44.8 Å². The van der Waals surface area contributed by atoms with Gasteiger partial charge in [0.2, 0.25) is 0 Å². The lowest BCUT2D eigenvalue weighted by Gasteiger charge is -2.16. The largest absolute Gasteiger partial charge is 0.303 e. The molecule has 6 nitrogen and oxygen atoms in total. The van der Waals surface area contributed by atoms with Crippen molar-refractivity contribution in [1.82, 2.24) is 0 Å². The highest BCUT2D eigenvalue weighted by Crippen LogP contribution is 2.12. The van der Waals surface area contributed by atoms with Gasteiger partial charge in [0.1, 0.15) is 6.29 Å². The van der Waals surface area contributed by atoms with Gasteiger partial charge < -0.3 is 4.79 Å². The summed E-state index contributed by atoms with van der Waals surface area (Å²) >= 11 is 0. The summed E-state index contributed by atoms with van der Waals surface area (Å²) in [6.07, 6.45) is -0.288. The Morgan fingerprint density at radius 3 is 2.47 bits per heavy atom. The average molecular weight is 220 g/mol. The Morgan fingerprint density at radius 1 is 1.40 bits per heavy atom. The van der Waals surface area contributed by atoms with E-state index in [1.54, 1.807) is 0 Å². The molecule has 0 rings (SSSR count). The van der Waals surface area contributed by atoms with Crippen molar-refractivity contribution in [3.05, 3.63) is 0 Å². The van der Waals surface area contributed by atoms with E-state index >= 15 is 0 Å². The molecule has 88 valence electrons. The van der Waals surface area contributed by atoms with Gasteiger partial charge in [0.15, 0.2) is 11.9 Å². The smallest absolute Gasteiger partial charge is 0.172 e. The summed E-state index contributed by atoms with van der Waals surface area (Å²) in [4.78, 5) is 29.3. The molecule has 6 heteroatoms. The molecule has 0 fully saturated rings. The van der Waals surface area contributed by atoms with Crippen LogP contribution >= 0.6 is 0 Å². The molecule has 0 heterocycles. The molecule has 0 amide bonds. The Balaban J connectivity index is 4.16. The third kappa shape index (κ3) is 5.58. The third-order valence-corrected chi connectivity index (χ3v) is 2.01. The van der Waals surface area contributed by atoms with Crippen molar-refractivity contribution >= 4 is 12.1 Å². The Labute approximate surface area is 87.7 Å². The van der Waals surface area contributed by atoms with Crippen LogP contribution in [0, 0.1) is 0 Å². The molecule has 0 bridgehead atoms. The van der Waals surface area contributed by atoms with Crippen LogP contribution < -0.4 is 0 Å². The van der Waals surface area contributed by atoms with Gasteiger partial charge in [-0.15, -0.1) is 0 Å². The van der Waals surface area contributed by atoms with Crippen molar-refractivity contribution in [3.8, 4) is 0 Å². The van der Waals surface area contributed by atoms with Crippen LogP contribution in [0.4, 0.5) is 0 Å². The molecule has 0 radical (unpaired) electrons. The van der Waals surface area contributed by atoms with Crippen molar-refractivity contribution in [2.24, 2.45) is 0 Å². The van der Waals surface area contributed by atoms with Gasteiger partial charge in [-0.3, -0.25) is 15.3 Å². The number of ketones is 1. The molecule has 0 aromatic rings. The van der Waals surface area contributed by atoms with Gasteiger partial charge in [0.05, 0.1) is 12.5 Å². The van der Waals surface area contributed by atoms with Crippen LogP contribution in [0.3, 0.4) is 0 Å². The Hall–Kier alpha value is -0.820. The fourth-order valence-corrected chi connectivity index (χ4v) is 1.22. The lowest BCUT2D eigenvalue weighted by atomic mass is 10.0. The highest BCUT2D eigenvalue weighted by atomic mass is 17.1. The average Bonchev–Trinajstić information content (AvgIpc) is 2.24. The summed E-state index contributed by atoms with van der Waals surface area (Å²) in [6.45, 7) is 1.88. The maximum atomic E-state index is 11.2. The number of aldehydes is 1. The van der Waals surface area contributed by atoms with E-state index in [0.29, 0.717) is 12.7 Å². The lowest BCUT2D eigenvalue weighted by Crippen LogP contribution is -2.29. The Bertz CT molecular complexity index is 193. The molecule has 0 aliphatic carbocycles. The van der Waals surface area contributed by atoms with Crippen molar-refractivity contribution in [3.63, 3.8) is 0 Å². The summed E-state index contributed by atoms with van der Waals surface area (Å²) in [5.41, 5.74) is 0. The maximum absolute atomic E-state index is 11.2. The molecule has 0 aromatic heterocycles. The van der Waals surface area contributed by atoms with E-state index in [4.69, 9.17) is 10.5 Å². The highest BCUT2D eigenvalue weighted by Gasteiger charge is 2.24. The lowest BCUT2D eigenvalue weighted by molar-refractivity contribution is -0.307. The summed E-state index contributed by atoms with van der Waals surface area (Å²) < 4.78 is 0. The standard InChI is InChI=1S/C9H16O6/c1-2-3-7(14-12)6-9(15-13)8(11)4-5-10/h5,7,9,12-13H,2-4,6H2,1H3. The van der Waals surface area contributed by atoms with Gasteiger partial charge >= 0.3 is 0 Å². The van der Waals surface area contributed by atoms with E-state index in [0.717, 1.165) is 6.42 Å². The van der Waals surface area contributed by atoms with Gasteiger partial charge in [0, 0.05) is 6.42 Å². The maximum Gasteiger partial charge on any atom is 0.172 e. The molecule has 0 aromatic carbocycles. The topological polar surface area (TPSA) is 93.1 Å². The van der Waals surface area contributed by atoms with Crippen LogP contribution in [0.15, 0.2) is 0 Å². The zero-order valence-electron chi connectivity index (χ0n) is 8.59. The first-order chi connectivity index (χ1) is 7.19. The summed E-state index contributed by atoms with van der Waals surface area (Å²) in [5.74, 6) is -0.536. The Kier molecular flexibility index (Phi) is 8.02. The molecule has 15 heavy (non-hydrogen) atoms. The molecule has 2 unspecified atom stereocenters. The summed E-state index contributed by atoms with van der Waals surface area (Å²) in [5, 5.41) is 17.0. The quantitative estimate of drug-likeness (QED) is 0.261. The van der Waals surface area contributed by atoms with E-state index in [2.05, 4.69) is 9.78 Å². The summed E-state index contributed by atoms with van der Waals surface area (Å²) in [6, 6.07) is 0. The van der Waals surface area contributed by atoms with Gasteiger partial charge in [-0.2, -0.15) is 0 Å². The molecular weight excluding hydrogens is 204 g/mol. The molecule has 2 N–H and O–H groups in total. The number of carbonyl (C=O) groups is 2. The van der Waals surface area contributed by atoms with Crippen LogP contribution in [0.5, 0.6) is 0 Å². The number of Topliss-reactive ketones (excluding diaryl/α,β-unsaturated/α-hetero) is 1. The van der Waals surface area contributed by atoms with E-state index in [1.807, 2.05) is 6.92 Å². The normalized spacial score (nSPS) is 14.6. The first kappa shape index (κ1) is 14.2. The number of carbonyl (C=O) groups excluding carboxylic acids is 2. The minimum absolute atomic E-state index is 0.0213. The van der Waals surface area contributed by atoms with Gasteiger partial charge in [-0.05, 0) is 6.42 Å². The fraction of sp³-hybridized carbons (Fsp3) is 0.778. The van der Waals surface area contributed by atoms with E-state index < -0.39 is 18.0 Å². The van der Waals surface area contributed by atoms with E-state index in [9.17, 15) is 9.59 Å². The number of hydrogen-bond acceptors (Lipinski definition) is 6. The van der Waals surface area contributed by atoms with Gasteiger partial charge in [-0.1, -0.05) is 13.3 Å². The van der Waals surface area contributed by atoms with Gasteiger partial charge in [0.25, 0.3) is 0 Å². The minimum atomic E-state index is -1.13. The fourth-order valence-electron chi connectivity index (χ4n) is 1.22. The highest BCUT2D eigenvalue weighted by molar-refractivity contribution is 5.92. The summed E-state index contributed by atoms with van der Waals surface area (Å²) in [7, 11) is 0. The third-order valence-electron chi connectivity index (χ3n) is 2.01. The predicted octanol–water partition coefficient (Wildman–Crippen LogP) is 1.05. The molecular formula is C9H16O6.